The van der Waals surface area contributed by atoms with E-state index in [4.69, 9.17) is 9.16 Å². The summed E-state index contributed by atoms with van der Waals surface area (Å²) in [5.74, 6) is 1.21. The molecule has 1 N–H and O–H groups in total. The van der Waals surface area contributed by atoms with Crippen molar-refractivity contribution in [3.63, 3.8) is 0 Å². The second-order valence-corrected chi connectivity index (χ2v) is 25.6. The maximum absolute atomic E-state index is 14.4. The SMILES string of the molecule is CC1(C)CC[C@]2(C(=O)OCc3ccccc3)CC[C@]3(C)C(=CC[C@@H]4[C@@]5(C)C[C@H](O[Si](C)(C)C(C)(C)C)[C@H](O)C(C)(C)[C@@H]5CC[C@]43C)[C@@H]2C1. The highest BCUT2D eigenvalue weighted by Gasteiger charge is 2.70. The predicted molar refractivity (Wildman–Crippen MR) is 199 cm³/mol. The molecular weight excluding hydrogens is 609 g/mol. The Morgan fingerprint density at radius 2 is 1.54 bits per heavy atom. The lowest BCUT2D eigenvalue weighted by atomic mass is 9.33. The molecule has 0 heterocycles. The van der Waals surface area contributed by atoms with Crippen LogP contribution in [0, 0.1) is 50.2 Å². The number of hydrogen-bond donors (Lipinski definition) is 1. The highest BCUT2D eigenvalue weighted by Crippen LogP contribution is 2.76. The van der Waals surface area contributed by atoms with Gasteiger partial charge in [0.15, 0.2) is 8.32 Å². The Bertz CT molecular complexity index is 1420. The minimum Gasteiger partial charge on any atom is -0.460 e. The van der Waals surface area contributed by atoms with E-state index in [9.17, 15) is 9.90 Å². The van der Waals surface area contributed by atoms with Crippen LogP contribution in [0.5, 0.6) is 0 Å². The van der Waals surface area contributed by atoms with E-state index in [0.29, 0.717) is 18.4 Å². The van der Waals surface area contributed by atoms with E-state index >= 15 is 0 Å². The molecule has 5 heteroatoms. The number of esters is 1. The first-order valence-electron chi connectivity index (χ1n) is 19.3. The topological polar surface area (TPSA) is 55.8 Å². The molecule has 1 aromatic carbocycles. The Hall–Kier alpha value is -1.43. The number of benzene rings is 1. The molecule has 0 aliphatic heterocycles. The molecule has 0 aromatic heterocycles. The van der Waals surface area contributed by atoms with Gasteiger partial charge in [-0.3, -0.25) is 4.79 Å². The minimum absolute atomic E-state index is 0.0290. The van der Waals surface area contributed by atoms with Gasteiger partial charge in [0.05, 0.1) is 17.6 Å². The second-order valence-electron chi connectivity index (χ2n) is 20.8. The van der Waals surface area contributed by atoms with Crippen LogP contribution in [0.25, 0.3) is 0 Å². The van der Waals surface area contributed by atoms with Crippen molar-refractivity contribution in [2.45, 2.75) is 164 Å². The van der Waals surface area contributed by atoms with Crippen LogP contribution in [0.3, 0.4) is 0 Å². The summed E-state index contributed by atoms with van der Waals surface area (Å²) in [6.07, 6.45) is 11.4. The van der Waals surface area contributed by atoms with Gasteiger partial charge in [0, 0.05) is 0 Å². The number of fused-ring (bicyclic) bond motifs is 7. The summed E-state index contributed by atoms with van der Waals surface area (Å²) in [5, 5.41) is 12.1. The summed E-state index contributed by atoms with van der Waals surface area (Å²) < 4.78 is 13.4. The van der Waals surface area contributed by atoms with Gasteiger partial charge in [-0.25, -0.2) is 0 Å². The van der Waals surface area contributed by atoms with Crippen LogP contribution in [0.2, 0.25) is 18.1 Å². The number of ether oxygens (including phenoxy) is 1. The van der Waals surface area contributed by atoms with Crippen LogP contribution in [0.1, 0.15) is 133 Å². The van der Waals surface area contributed by atoms with Crippen LogP contribution in [-0.2, 0) is 20.6 Å². The zero-order valence-electron chi connectivity index (χ0n) is 32.6. The zero-order valence-corrected chi connectivity index (χ0v) is 33.6. The summed E-state index contributed by atoms with van der Waals surface area (Å²) in [5.41, 5.74) is 2.38. The van der Waals surface area contributed by atoms with E-state index in [1.165, 1.54) is 6.42 Å². The Labute approximate surface area is 294 Å². The van der Waals surface area contributed by atoms with Crippen LogP contribution in [0.4, 0.5) is 0 Å². The molecule has 5 aliphatic carbocycles. The Balaban J connectivity index is 1.36. The lowest BCUT2D eigenvalue weighted by Gasteiger charge is -2.72. The monoisotopic (exact) mass is 676 g/mol. The molecule has 268 valence electrons. The first-order chi connectivity index (χ1) is 22.0. The Morgan fingerprint density at radius 1 is 0.896 bits per heavy atom. The standard InChI is InChI=1S/C43H68O4Si/c1-37(2,3)48(11,12)47-32-27-40(8)33(39(6,7)35(32)44)20-21-42(10)34(40)19-18-30-31-26-38(4,5)22-24-43(31,25-23-41(30,42)9)36(45)46-28-29-16-14-13-15-17-29/h13-18,31-35,44H,19-28H2,1-12H3/t31-,32-,33-,34+,35-,40-,41+,42+,43-/m0/s1. The lowest BCUT2D eigenvalue weighted by molar-refractivity contribution is -0.229. The average molecular weight is 677 g/mol. The van der Waals surface area contributed by atoms with Crippen LogP contribution >= 0.6 is 0 Å². The molecule has 9 atom stereocenters. The molecule has 1 aromatic rings. The third-order valence-electron chi connectivity index (χ3n) is 16.4. The first-order valence-corrected chi connectivity index (χ1v) is 22.2. The molecule has 5 aliphatic rings. The van der Waals surface area contributed by atoms with E-state index < -0.39 is 19.8 Å². The van der Waals surface area contributed by atoms with Crippen molar-refractivity contribution in [2.75, 3.05) is 0 Å². The predicted octanol–water partition coefficient (Wildman–Crippen LogP) is 10.9. The molecule has 6 rings (SSSR count). The van der Waals surface area contributed by atoms with E-state index in [1.807, 2.05) is 18.2 Å². The largest absolute Gasteiger partial charge is 0.460 e. The van der Waals surface area contributed by atoms with Gasteiger partial charge in [-0.2, -0.15) is 0 Å². The third kappa shape index (κ3) is 5.37. The number of aliphatic hydroxyl groups excluding tert-OH is 1. The van der Waals surface area contributed by atoms with Gasteiger partial charge in [-0.05, 0) is 126 Å². The third-order valence-corrected chi connectivity index (χ3v) is 20.9. The fourth-order valence-corrected chi connectivity index (χ4v) is 13.6. The van der Waals surface area contributed by atoms with E-state index in [-0.39, 0.29) is 50.1 Å². The van der Waals surface area contributed by atoms with Crippen LogP contribution in [-0.4, -0.2) is 31.6 Å². The molecular formula is C43H68O4Si. The van der Waals surface area contributed by atoms with Gasteiger partial charge in [0.2, 0.25) is 0 Å². The van der Waals surface area contributed by atoms with E-state index in [1.54, 1.807) is 5.57 Å². The normalized spacial score (nSPS) is 41.9. The summed E-state index contributed by atoms with van der Waals surface area (Å²) >= 11 is 0. The number of rotatable bonds is 5. The zero-order chi connectivity index (χ0) is 35.3. The van der Waals surface area contributed by atoms with Gasteiger partial charge < -0.3 is 14.3 Å². The van der Waals surface area contributed by atoms with E-state index in [0.717, 1.165) is 56.9 Å². The smallest absolute Gasteiger partial charge is 0.313 e. The number of aliphatic hydroxyl groups is 1. The lowest BCUT2D eigenvalue weighted by Crippen LogP contribution is -2.68. The molecule has 4 saturated carbocycles. The quantitative estimate of drug-likeness (QED) is 0.192. The second kappa shape index (κ2) is 11.5. The van der Waals surface area contributed by atoms with Gasteiger partial charge in [0.1, 0.15) is 6.61 Å². The van der Waals surface area contributed by atoms with Crippen molar-refractivity contribution in [1.82, 2.24) is 0 Å². The fourth-order valence-electron chi connectivity index (χ4n) is 12.2. The van der Waals surface area contributed by atoms with Gasteiger partial charge in [-0.15, -0.1) is 0 Å². The fraction of sp³-hybridized carbons (Fsp3) is 0.791. The molecule has 4 nitrogen and oxygen atoms in total. The molecule has 4 fully saturated rings. The highest BCUT2D eigenvalue weighted by atomic mass is 28.4. The highest BCUT2D eigenvalue weighted by molar-refractivity contribution is 6.74. The Kier molecular flexibility index (Phi) is 8.74. The van der Waals surface area contributed by atoms with Crippen molar-refractivity contribution in [1.29, 1.82) is 0 Å². The van der Waals surface area contributed by atoms with Crippen molar-refractivity contribution < 1.29 is 19.1 Å². The molecule has 0 radical (unpaired) electrons. The maximum atomic E-state index is 14.4. The number of carbonyl (C=O) groups excluding carboxylic acids is 1. The molecule has 48 heavy (non-hydrogen) atoms. The summed E-state index contributed by atoms with van der Waals surface area (Å²) in [4.78, 5) is 14.4. The minimum atomic E-state index is -2.09. The van der Waals surface area contributed by atoms with Gasteiger partial charge in [0.25, 0.3) is 0 Å². The molecule has 0 spiro atoms. The van der Waals surface area contributed by atoms with E-state index in [2.05, 4.69) is 101 Å². The van der Waals surface area contributed by atoms with Crippen molar-refractivity contribution in [3.05, 3.63) is 47.5 Å². The molecule has 0 unspecified atom stereocenters. The maximum Gasteiger partial charge on any atom is 0.313 e. The van der Waals surface area contributed by atoms with Gasteiger partial charge in [-0.1, -0.05) is 111 Å². The Morgan fingerprint density at radius 3 is 2.19 bits per heavy atom. The number of carbonyl (C=O) groups is 1. The average Bonchev–Trinajstić information content (AvgIpc) is 2.98. The molecule has 0 bridgehead atoms. The van der Waals surface area contributed by atoms with Crippen molar-refractivity contribution in [3.8, 4) is 0 Å². The summed E-state index contributed by atoms with van der Waals surface area (Å²) in [6.45, 7) is 29.2. The summed E-state index contributed by atoms with van der Waals surface area (Å²) in [6, 6.07) is 10.2. The van der Waals surface area contributed by atoms with Crippen LogP contribution in [0.15, 0.2) is 42.0 Å². The molecule has 0 amide bonds. The number of allylic oxidation sites excluding steroid dienone is 2. The first kappa shape index (κ1) is 36.4. The van der Waals surface area contributed by atoms with Crippen molar-refractivity contribution in [2.24, 2.45) is 50.2 Å². The van der Waals surface area contributed by atoms with Crippen molar-refractivity contribution >= 4 is 14.3 Å². The molecule has 0 saturated heterocycles. The van der Waals surface area contributed by atoms with Gasteiger partial charge >= 0.3 is 5.97 Å². The number of hydrogen-bond acceptors (Lipinski definition) is 4. The van der Waals surface area contributed by atoms with Crippen LogP contribution < -0.4 is 0 Å². The summed E-state index contributed by atoms with van der Waals surface area (Å²) in [7, 11) is -2.09.